The fourth-order valence-electron chi connectivity index (χ4n) is 3.44. The van der Waals surface area contributed by atoms with E-state index in [0.717, 1.165) is 28.9 Å². The molecule has 0 radical (unpaired) electrons. The fraction of sp³-hybridized carbons (Fsp3) is 0.429. The second kappa shape index (κ2) is 9.23. The van der Waals surface area contributed by atoms with Crippen LogP contribution in [0.5, 0.6) is 5.75 Å². The van der Waals surface area contributed by atoms with Crippen molar-refractivity contribution in [3.63, 3.8) is 0 Å². The highest BCUT2D eigenvalue weighted by molar-refractivity contribution is 5.77. The molecule has 3 aromatic rings. The number of aliphatic hydroxyl groups is 2. The number of nitrogens with zero attached hydrogens (tertiary/aromatic N) is 2. The lowest BCUT2D eigenvalue weighted by molar-refractivity contribution is -0.150. The highest BCUT2D eigenvalue weighted by Gasteiger charge is 2.42. The highest BCUT2D eigenvalue weighted by Crippen LogP contribution is 2.36. The zero-order valence-electron chi connectivity index (χ0n) is 17.3. The molecule has 8 nitrogen and oxygen atoms in total. The fourth-order valence-corrected chi connectivity index (χ4v) is 3.44. The van der Waals surface area contributed by atoms with Gasteiger partial charge in [-0.05, 0) is 39.0 Å². The number of aromatic amines is 1. The topological polar surface area (TPSA) is 121 Å². The van der Waals surface area contributed by atoms with Gasteiger partial charge in [-0.25, -0.2) is 14.4 Å². The van der Waals surface area contributed by atoms with Crippen molar-refractivity contribution in [3.05, 3.63) is 53.6 Å². The van der Waals surface area contributed by atoms with E-state index in [1.807, 2.05) is 19.2 Å². The van der Waals surface area contributed by atoms with E-state index in [-0.39, 0.29) is 18.6 Å². The van der Waals surface area contributed by atoms with E-state index < -0.39 is 41.5 Å². The average molecular weight is 437 g/mol. The van der Waals surface area contributed by atoms with Crippen LogP contribution in [0.3, 0.4) is 0 Å². The van der Waals surface area contributed by atoms with Crippen molar-refractivity contribution in [3.8, 4) is 5.75 Å². The molecule has 168 valence electrons. The van der Waals surface area contributed by atoms with Gasteiger partial charge in [-0.3, -0.25) is 0 Å². The smallest absolute Gasteiger partial charge is 0.200 e. The number of nitrogens with one attached hydrogen (secondary N) is 1. The highest BCUT2D eigenvalue weighted by atomic mass is 19.2. The van der Waals surface area contributed by atoms with Crippen molar-refractivity contribution >= 4 is 11.0 Å². The average Bonchev–Trinajstić information content (AvgIpc) is 3.31. The Morgan fingerprint density at radius 2 is 1.87 bits per heavy atom. The Labute approximate surface area is 177 Å². The molecule has 3 atom stereocenters. The van der Waals surface area contributed by atoms with Gasteiger partial charge < -0.3 is 29.8 Å². The first-order valence-electron chi connectivity index (χ1n) is 9.69. The van der Waals surface area contributed by atoms with E-state index in [1.54, 1.807) is 20.2 Å². The summed E-state index contributed by atoms with van der Waals surface area (Å²) in [6.07, 6.45) is 0.847. The number of hydrogen-bond acceptors (Lipinski definition) is 7. The largest absolute Gasteiger partial charge is 0.504 e. The number of phenolic OH excluding ortho intramolecular Hbond substituents is 1. The predicted molar refractivity (Wildman–Crippen MR) is 107 cm³/mol. The molecule has 2 aromatic heterocycles. The number of halogens is 2. The molecule has 1 aliphatic heterocycles. The van der Waals surface area contributed by atoms with Gasteiger partial charge in [0.15, 0.2) is 17.4 Å². The van der Waals surface area contributed by atoms with Gasteiger partial charge in [-0.1, -0.05) is 0 Å². The van der Waals surface area contributed by atoms with Crippen molar-refractivity contribution in [2.24, 2.45) is 0 Å². The number of phenols is 1. The number of benzene rings is 1. The summed E-state index contributed by atoms with van der Waals surface area (Å²) < 4.78 is 37.2. The Balaban J connectivity index is 0.000000225. The minimum atomic E-state index is -1.41. The van der Waals surface area contributed by atoms with Gasteiger partial charge >= 0.3 is 0 Å². The monoisotopic (exact) mass is 437 g/mol. The van der Waals surface area contributed by atoms with Gasteiger partial charge in [0.2, 0.25) is 5.82 Å². The van der Waals surface area contributed by atoms with Crippen LogP contribution in [0.4, 0.5) is 8.78 Å². The van der Waals surface area contributed by atoms with Crippen LogP contribution in [0.15, 0.2) is 30.7 Å². The molecule has 0 saturated carbocycles. The Kier molecular flexibility index (Phi) is 6.85. The quantitative estimate of drug-likeness (QED) is 0.495. The van der Waals surface area contributed by atoms with Gasteiger partial charge in [0.05, 0.1) is 24.5 Å². The van der Waals surface area contributed by atoms with Crippen LogP contribution >= 0.6 is 0 Å². The Morgan fingerprint density at radius 3 is 2.55 bits per heavy atom. The third-order valence-electron chi connectivity index (χ3n) is 4.93. The predicted octanol–water partition coefficient (Wildman–Crippen LogP) is 2.87. The maximum atomic E-state index is 13.3. The first-order chi connectivity index (χ1) is 14.6. The number of ether oxygens (including phenoxy) is 2. The van der Waals surface area contributed by atoms with E-state index in [4.69, 9.17) is 9.47 Å². The molecule has 4 rings (SSSR count). The Morgan fingerprint density at radius 1 is 1.16 bits per heavy atom. The third kappa shape index (κ3) is 5.16. The summed E-state index contributed by atoms with van der Waals surface area (Å²) in [6.45, 7) is 5.00. The molecule has 3 unspecified atom stereocenters. The zero-order valence-corrected chi connectivity index (χ0v) is 17.3. The normalized spacial score (nSPS) is 21.0. The van der Waals surface area contributed by atoms with E-state index in [2.05, 4.69) is 15.0 Å². The van der Waals surface area contributed by atoms with Gasteiger partial charge in [-0.2, -0.15) is 4.39 Å². The van der Waals surface area contributed by atoms with Gasteiger partial charge in [0.25, 0.3) is 0 Å². The van der Waals surface area contributed by atoms with Crippen molar-refractivity contribution in [2.45, 2.75) is 51.3 Å². The molecular formula is C21H25F2N3O5. The summed E-state index contributed by atoms with van der Waals surface area (Å²) >= 11 is 0. The lowest BCUT2D eigenvalue weighted by Crippen LogP contribution is -2.28. The Bertz CT molecular complexity index is 1040. The van der Waals surface area contributed by atoms with Crippen LogP contribution in [-0.4, -0.2) is 54.9 Å². The van der Waals surface area contributed by atoms with Crippen molar-refractivity contribution in [2.75, 3.05) is 6.61 Å². The maximum Gasteiger partial charge on any atom is 0.200 e. The first-order valence-corrected chi connectivity index (χ1v) is 9.69. The van der Waals surface area contributed by atoms with E-state index in [9.17, 15) is 24.1 Å². The summed E-state index contributed by atoms with van der Waals surface area (Å²) in [5, 5.41) is 30.0. The number of fused-ring (bicyclic) bond motifs is 1. The van der Waals surface area contributed by atoms with Crippen LogP contribution < -0.4 is 0 Å². The molecule has 31 heavy (non-hydrogen) atoms. The van der Waals surface area contributed by atoms with E-state index in [1.165, 1.54) is 0 Å². The molecule has 0 aliphatic carbocycles. The molecule has 0 amide bonds. The first kappa shape index (κ1) is 23.0. The second-order valence-corrected chi connectivity index (χ2v) is 7.64. The van der Waals surface area contributed by atoms with Crippen LogP contribution in [0.2, 0.25) is 0 Å². The number of hydrogen-bond donors (Lipinski definition) is 4. The number of rotatable bonds is 4. The molecule has 3 heterocycles. The minimum absolute atomic E-state index is 0.0344. The van der Waals surface area contributed by atoms with Crippen molar-refractivity contribution in [1.29, 1.82) is 0 Å². The van der Waals surface area contributed by atoms with Gasteiger partial charge in [0.1, 0.15) is 18.1 Å². The second-order valence-electron chi connectivity index (χ2n) is 7.64. The van der Waals surface area contributed by atoms with Gasteiger partial charge in [-0.15, -0.1) is 0 Å². The molecule has 0 bridgehead atoms. The summed E-state index contributed by atoms with van der Waals surface area (Å²) in [5.74, 6) is -4.44. The summed E-state index contributed by atoms with van der Waals surface area (Å²) in [6, 6.07) is 3.91. The molecule has 4 N–H and O–H groups in total. The van der Waals surface area contributed by atoms with Crippen LogP contribution in [0.1, 0.15) is 37.6 Å². The number of aryl methyl sites for hydroxylation is 1. The minimum Gasteiger partial charge on any atom is -0.504 e. The van der Waals surface area contributed by atoms with E-state index in [0.29, 0.717) is 0 Å². The number of H-pyrrole nitrogens is 1. The summed E-state index contributed by atoms with van der Waals surface area (Å²) in [5.41, 5.74) is 1.79. The molecule has 1 aromatic carbocycles. The molecular weight excluding hydrogens is 412 g/mol. The van der Waals surface area contributed by atoms with Crippen molar-refractivity contribution < 1.29 is 33.6 Å². The van der Waals surface area contributed by atoms with Crippen LogP contribution in [-0.2, 0) is 9.47 Å². The summed E-state index contributed by atoms with van der Waals surface area (Å²) in [7, 11) is 0. The van der Waals surface area contributed by atoms with Crippen LogP contribution in [0.25, 0.3) is 11.0 Å². The van der Waals surface area contributed by atoms with Crippen LogP contribution in [0, 0.1) is 18.6 Å². The Hall–Kier alpha value is -2.66. The van der Waals surface area contributed by atoms with Crippen molar-refractivity contribution in [1.82, 2.24) is 15.0 Å². The molecule has 0 spiro atoms. The third-order valence-corrected chi connectivity index (χ3v) is 4.93. The number of aromatic nitrogens is 3. The number of aliphatic hydroxyl groups excluding tert-OH is 2. The maximum absolute atomic E-state index is 13.3. The molecule has 1 saturated heterocycles. The standard InChI is InChI=1S/C14H18F2O5.C7H7N3/c1-14(2)20-10(11(6-17)21-14)5-9(18)7-3-4-8(15)12(16)13(7)19;1-5-6-2-3-8-7(6)10-4-9-5/h3-4,9-11,17-19H,5-6H2,1-2H3;2-4H,1H3,(H,8,9,10). The lowest BCUT2D eigenvalue weighted by Gasteiger charge is -2.20. The SMILES string of the molecule is CC1(C)OC(CO)C(CC(O)c2ccc(F)c(F)c2O)O1.Cc1ncnc2[nH]ccc12. The van der Waals surface area contributed by atoms with Gasteiger partial charge in [0, 0.05) is 23.6 Å². The molecule has 1 aliphatic rings. The molecule has 10 heteroatoms. The van der Waals surface area contributed by atoms with E-state index >= 15 is 0 Å². The zero-order chi connectivity index (χ0) is 22.8. The lowest BCUT2D eigenvalue weighted by atomic mass is 9.99. The molecule has 1 fully saturated rings. The summed E-state index contributed by atoms with van der Waals surface area (Å²) in [4.78, 5) is 11.1. The number of aromatic hydroxyl groups is 1.